The topological polar surface area (TPSA) is 73.1 Å². The van der Waals surface area contributed by atoms with Crippen molar-refractivity contribution >= 4 is 5.91 Å². The fraction of sp³-hybridized carbons (Fsp3) is 0.750. The van der Waals surface area contributed by atoms with Crippen molar-refractivity contribution in [3.63, 3.8) is 0 Å². The van der Waals surface area contributed by atoms with E-state index in [1.54, 1.807) is 0 Å². The Bertz CT molecular complexity index is 80.1. The minimum absolute atomic E-state index is 0.307. The van der Waals surface area contributed by atoms with Gasteiger partial charge in [-0.15, -0.1) is 0 Å². The van der Waals surface area contributed by atoms with Crippen molar-refractivity contribution in [2.45, 2.75) is 6.04 Å². The molecular weight excluding hydrogens is 108 g/mol. The molecule has 0 heterocycles. The van der Waals surface area contributed by atoms with Crippen LogP contribution in [-0.2, 0) is 4.79 Å². The maximum atomic E-state index is 10.1. The van der Waals surface area contributed by atoms with Gasteiger partial charge in [-0.3, -0.25) is 10.5 Å². The fourth-order valence-corrected chi connectivity index (χ4v) is 0.305. The monoisotopic (exact) mass is 117 g/mol. The number of carbonyl (C=O) groups is 1. The van der Waals surface area contributed by atoms with Gasteiger partial charge < -0.3 is 10.4 Å². The van der Waals surface area contributed by atoms with E-state index in [-0.39, 0.29) is 6.61 Å². The lowest BCUT2D eigenvalue weighted by Gasteiger charge is -2.04. The van der Waals surface area contributed by atoms with Crippen molar-refractivity contribution in [1.82, 2.24) is 11.1 Å². The number of amides is 1. The van der Waals surface area contributed by atoms with E-state index < -0.39 is 11.9 Å². The maximum absolute atomic E-state index is 10.1. The molecule has 3 N–H and O–H groups in total. The van der Waals surface area contributed by atoms with Crippen molar-refractivity contribution < 1.29 is 9.90 Å². The summed E-state index contributed by atoms with van der Waals surface area (Å²) < 4.78 is 0. The summed E-state index contributed by atoms with van der Waals surface area (Å²) in [5.41, 5.74) is 6.47. The Labute approximate surface area is 47.7 Å². The first-order valence-corrected chi connectivity index (χ1v) is 2.26. The third-order valence-corrected chi connectivity index (χ3v) is 0.848. The first kappa shape index (κ1) is 7.39. The number of rotatable bonds is 3. The SMILES string of the molecule is CN[C@@H](CO)C([NH])=O. The standard InChI is InChI=1S/C4H9N2O2/c1-6-3(2-7)4(5)8/h3,5-7H,2H2,1H3/t3-/m0/s1. The first-order chi connectivity index (χ1) is 3.72. The molecule has 8 heavy (non-hydrogen) atoms. The Morgan fingerprint density at radius 2 is 2.50 bits per heavy atom. The number of hydrogen-bond acceptors (Lipinski definition) is 3. The van der Waals surface area contributed by atoms with Crippen LogP contribution in [-0.4, -0.2) is 30.7 Å². The van der Waals surface area contributed by atoms with Crippen molar-refractivity contribution in [3.8, 4) is 0 Å². The van der Waals surface area contributed by atoms with Crippen LogP contribution in [0, 0.1) is 0 Å². The molecular formula is C4H9N2O2. The van der Waals surface area contributed by atoms with Crippen LogP contribution in [0.1, 0.15) is 0 Å². The molecule has 1 amide bonds. The van der Waals surface area contributed by atoms with Crippen molar-refractivity contribution in [1.29, 1.82) is 0 Å². The number of likely N-dealkylation sites (N-methyl/N-ethyl adjacent to an activating group) is 1. The normalized spacial score (nSPS) is 13.2. The third-order valence-electron chi connectivity index (χ3n) is 0.848. The number of nitrogens with one attached hydrogen (secondary N) is 2. The lowest BCUT2D eigenvalue weighted by atomic mass is 10.3. The molecule has 1 atom stereocenters. The highest BCUT2D eigenvalue weighted by molar-refractivity contribution is 5.79. The van der Waals surface area contributed by atoms with Gasteiger partial charge in [-0.2, -0.15) is 0 Å². The smallest absolute Gasteiger partial charge is 0.257 e. The van der Waals surface area contributed by atoms with Gasteiger partial charge in [0.15, 0.2) is 0 Å². The molecule has 0 aromatic rings. The molecule has 0 fully saturated rings. The van der Waals surface area contributed by atoms with Crippen molar-refractivity contribution in [3.05, 3.63) is 0 Å². The second-order valence-corrected chi connectivity index (χ2v) is 1.39. The number of carbonyl (C=O) groups excluding carboxylic acids is 1. The molecule has 0 aliphatic rings. The largest absolute Gasteiger partial charge is 0.394 e. The summed E-state index contributed by atoms with van der Waals surface area (Å²) in [6.45, 7) is -0.307. The van der Waals surface area contributed by atoms with Crippen LogP contribution < -0.4 is 11.1 Å². The van der Waals surface area contributed by atoms with Gasteiger partial charge in [0.25, 0.3) is 5.91 Å². The van der Waals surface area contributed by atoms with Crippen LogP contribution in [0.5, 0.6) is 0 Å². The van der Waals surface area contributed by atoms with Gasteiger partial charge in [-0.1, -0.05) is 0 Å². The van der Waals surface area contributed by atoms with E-state index in [2.05, 4.69) is 5.32 Å². The number of aliphatic hydroxyl groups excluding tert-OH is 1. The fourth-order valence-electron chi connectivity index (χ4n) is 0.305. The van der Waals surface area contributed by atoms with Gasteiger partial charge in [0.1, 0.15) is 6.04 Å². The highest BCUT2D eigenvalue weighted by Crippen LogP contribution is 1.75. The zero-order valence-corrected chi connectivity index (χ0v) is 4.64. The molecule has 0 rings (SSSR count). The van der Waals surface area contributed by atoms with E-state index in [4.69, 9.17) is 10.8 Å². The molecule has 47 valence electrons. The Balaban J connectivity index is 3.52. The number of hydrogen-bond donors (Lipinski definition) is 2. The molecule has 0 aromatic carbocycles. The van der Waals surface area contributed by atoms with Gasteiger partial charge in [0.2, 0.25) is 0 Å². The summed E-state index contributed by atoms with van der Waals surface area (Å²) in [5, 5.41) is 10.8. The summed E-state index contributed by atoms with van der Waals surface area (Å²) in [6.07, 6.45) is 0. The average Bonchev–Trinajstić information content (AvgIpc) is 1.69. The summed E-state index contributed by atoms with van der Waals surface area (Å²) in [6, 6.07) is -0.713. The minimum Gasteiger partial charge on any atom is -0.394 e. The predicted octanol–water partition coefficient (Wildman–Crippen LogP) is -1.62. The summed E-state index contributed by atoms with van der Waals surface area (Å²) in [5.74, 6) is -0.782. The average molecular weight is 117 g/mol. The van der Waals surface area contributed by atoms with E-state index in [0.29, 0.717) is 0 Å². The molecule has 0 saturated carbocycles. The molecule has 4 heteroatoms. The second-order valence-electron chi connectivity index (χ2n) is 1.39. The molecule has 1 radical (unpaired) electrons. The van der Waals surface area contributed by atoms with E-state index in [0.717, 1.165) is 0 Å². The maximum Gasteiger partial charge on any atom is 0.257 e. The highest BCUT2D eigenvalue weighted by atomic mass is 16.3. The minimum atomic E-state index is -0.782. The quantitative estimate of drug-likeness (QED) is 0.466. The molecule has 0 spiro atoms. The van der Waals surface area contributed by atoms with Crippen LogP contribution in [0.4, 0.5) is 0 Å². The summed E-state index contributed by atoms with van der Waals surface area (Å²) in [4.78, 5) is 10.1. The van der Waals surface area contributed by atoms with Gasteiger partial charge in [-0.05, 0) is 7.05 Å². The highest BCUT2D eigenvalue weighted by Gasteiger charge is 2.09. The zero-order valence-electron chi connectivity index (χ0n) is 4.64. The van der Waals surface area contributed by atoms with E-state index in [9.17, 15) is 4.79 Å². The molecule has 4 nitrogen and oxygen atoms in total. The van der Waals surface area contributed by atoms with E-state index in [1.807, 2.05) is 0 Å². The molecule has 0 saturated heterocycles. The van der Waals surface area contributed by atoms with E-state index in [1.165, 1.54) is 7.05 Å². The Hall–Kier alpha value is -0.610. The van der Waals surface area contributed by atoms with Crippen LogP contribution in [0.2, 0.25) is 0 Å². The van der Waals surface area contributed by atoms with Crippen molar-refractivity contribution in [2.24, 2.45) is 0 Å². The van der Waals surface area contributed by atoms with Crippen LogP contribution in [0.15, 0.2) is 0 Å². The Morgan fingerprint density at radius 1 is 2.00 bits per heavy atom. The zero-order chi connectivity index (χ0) is 6.57. The lowest BCUT2D eigenvalue weighted by Crippen LogP contribution is -2.37. The van der Waals surface area contributed by atoms with Crippen LogP contribution in [0.25, 0.3) is 0 Å². The molecule has 0 aliphatic heterocycles. The van der Waals surface area contributed by atoms with E-state index >= 15 is 0 Å². The van der Waals surface area contributed by atoms with Gasteiger partial charge in [0, 0.05) is 0 Å². The molecule has 0 bridgehead atoms. The lowest BCUT2D eigenvalue weighted by molar-refractivity contribution is -0.121. The Kier molecular flexibility index (Phi) is 3.14. The number of aliphatic hydroxyl groups is 1. The first-order valence-electron chi connectivity index (χ1n) is 2.26. The van der Waals surface area contributed by atoms with Gasteiger partial charge in [-0.25, -0.2) is 0 Å². The molecule has 0 aromatic heterocycles. The molecule has 0 aliphatic carbocycles. The predicted molar refractivity (Wildman–Crippen MR) is 28.0 cm³/mol. The Morgan fingerprint density at radius 3 is 2.50 bits per heavy atom. The van der Waals surface area contributed by atoms with Gasteiger partial charge >= 0.3 is 0 Å². The van der Waals surface area contributed by atoms with Gasteiger partial charge in [0.05, 0.1) is 6.61 Å². The third kappa shape index (κ3) is 1.90. The summed E-state index contributed by atoms with van der Waals surface area (Å²) >= 11 is 0. The molecule has 0 unspecified atom stereocenters. The van der Waals surface area contributed by atoms with Crippen molar-refractivity contribution in [2.75, 3.05) is 13.7 Å². The second kappa shape index (κ2) is 3.40. The van der Waals surface area contributed by atoms with Crippen LogP contribution in [0.3, 0.4) is 0 Å². The van der Waals surface area contributed by atoms with Crippen LogP contribution >= 0.6 is 0 Å². The summed E-state index contributed by atoms with van der Waals surface area (Å²) in [7, 11) is 1.52.